The summed E-state index contributed by atoms with van der Waals surface area (Å²) in [6, 6.07) is 13.1. The Morgan fingerprint density at radius 3 is 0.882 bits per heavy atom. The van der Waals surface area contributed by atoms with Gasteiger partial charge in [-0.25, -0.2) is 0 Å². The number of rotatable bonds is 6. The SMILES string of the molecule is CC(C)(C)C1=CC(C(c2ccc(C(c3cc(C(C)(C)C)c(O)c(C(C)(C)C)c3)C3C=C(C(C)(C)C)C(=O)C(C(C)(C)C)=C3)nc2)c2cc(C(C)(C)C)c(O)c(C(C)(C)C)c2)C=C(C(C)(C)C)C1=O. The van der Waals surface area contributed by atoms with E-state index in [9.17, 15) is 19.8 Å². The molecule has 2 atom stereocenters. The highest BCUT2D eigenvalue weighted by molar-refractivity contribution is 6.11. The van der Waals surface area contributed by atoms with E-state index in [0.717, 1.165) is 66.9 Å². The Hall–Kier alpha value is -4.51. The number of carbonyl (C=O) groups is 2. The Balaban J connectivity index is 1.93. The lowest BCUT2D eigenvalue weighted by Crippen LogP contribution is -2.31. The summed E-state index contributed by atoms with van der Waals surface area (Å²) >= 11 is 0. The van der Waals surface area contributed by atoms with Gasteiger partial charge in [-0.15, -0.1) is 0 Å². The molecule has 2 unspecified atom stereocenters. The van der Waals surface area contributed by atoms with Crippen molar-refractivity contribution in [3.63, 3.8) is 0 Å². The van der Waals surface area contributed by atoms with Crippen molar-refractivity contribution in [1.29, 1.82) is 0 Å². The summed E-state index contributed by atoms with van der Waals surface area (Å²) in [5.41, 5.74) is 7.63. The molecular weight excluding hydrogens is 835 g/mol. The first-order valence-corrected chi connectivity index (χ1v) is 25.2. The largest absolute Gasteiger partial charge is 0.507 e. The van der Waals surface area contributed by atoms with Crippen LogP contribution in [0.2, 0.25) is 0 Å². The van der Waals surface area contributed by atoms with Crippen molar-refractivity contribution >= 4 is 11.6 Å². The van der Waals surface area contributed by atoms with E-state index in [1.165, 1.54) is 0 Å². The predicted octanol–water partition coefficient (Wildman–Crippen LogP) is 16.2. The van der Waals surface area contributed by atoms with E-state index in [-0.39, 0.29) is 56.9 Å². The van der Waals surface area contributed by atoms with Crippen LogP contribution in [-0.4, -0.2) is 26.8 Å². The zero-order valence-corrected chi connectivity index (χ0v) is 46.8. The lowest BCUT2D eigenvalue weighted by molar-refractivity contribution is -0.115. The monoisotopic (exact) mass is 924 g/mol. The van der Waals surface area contributed by atoms with Crippen molar-refractivity contribution in [2.45, 2.75) is 200 Å². The third-order valence-electron chi connectivity index (χ3n) is 14.1. The van der Waals surface area contributed by atoms with Crippen LogP contribution in [0.4, 0.5) is 0 Å². The number of aromatic hydroxyl groups is 2. The highest BCUT2D eigenvalue weighted by Gasteiger charge is 2.42. The first kappa shape index (κ1) is 54.4. The molecule has 1 heterocycles. The van der Waals surface area contributed by atoms with Crippen LogP contribution in [0.3, 0.4) is 0 Å². The summed E-state index contributed by atoms with van der Waals surface area (Å²) in [6.45, 7) is 51.2. The first-order valence-electron chi connectivity index (χ1n) is 25.2. The number of carbonyl (C=O) groups excluding carboxylic acids is 2. The van der Waals surface area contributed by atoms with Crippen molar-refractivity contribution in [3.8, 4) is 11.5 Å². The van der Waals surface area contributed by atoms with Gasteiger partial charge in [-0.1, -0.05) is 221 Å². The van der Waals surface area contributed by atoms with E-state index in [4.69, 9.17) is 4.98 Å². The number of allylic oxidation sites excluding steroid dienone is 8. The molecule has 0 saturated heterocycles. The quantitative estimate of drug-likeness (QED) is 0.257. The topological polar surface area (TPSA) is 87.5 Å². The summed E-state index contributed by atoms with van der Waals surface area (Å²) in [4.78, 5) is 34.4. The molecule has 2 aliphatic carbocycles. The van der Waals surface area contributed by atoms with Gasteiger partial charge in [0, 0.05) is 57.9 Å². The van der Waals surface area contributed by atoms with Gasteiger partial charge in [-0.2, -0.15) is 0 Å². The average Bonchev–Trinajstić information content (AvgIpc) is 3.14. The van der Waals surface area contributed by atoms with Gasteiger partial charge >= 0.3 is 0 Å². The van der Waals surface area contributed by atoms with Crippen LogP contribution in [-0.2, 0) is 31.2 Å². The number of Topliss-reactive ketones (excluding diaryl/α,β-unsaturated/α-hetero) is 2. The molecule has 68 heavy (non-hydrogen) atoms. The molecule has 3 aromatic rings. The predicted molar refractivity (Wildman–Crippen MR) is 286 cm³/mol. The van der Waals surface area contributed by atoms with Crippen molar-refractivity contribution < 1.29 is 19.8 Å². The Morgan fingerprint density at radius 2 is 0.647 bits per heavy atom. The van der Waals surface area contributed by atoms with Crippen LogP contribution in [0.5, 0.6) is 11.5 Å². The van der Waals surface area contributed by atoms with Gasteiger partial charge < -0.3 is 10.2 Å². The second kappa shape index (κ2) is 17.7. The smallest absolute Gasteiger partial charge is 0.185 e. The number of nitrogens with zero attached hydrogens (tertiary/aromatic N) is 1. The second-order valence-electron chi connectivity index (χ2n) is 28.5. The maximum atomic E-state index is 14.4. The molecule has 0 aliphatic heterocycles. The van der Waals surface area contributed by atoms with E-state index in [1.54, 1.807) is 0 Å². The number of phenolic OH excluding ortho intramolecular Hbond substituents is 2. The van der Waals surface area contributed by atoms with E-state index < -0.39 is 21.7 Å². The Kier molecular flexibility index (Phi) is 14.2. The van der Waals surface area contributed by atoms with E-state index >= 15 is 0 Å². The molecule has 0 spiro atoms. The third-order valence-corrected chi connectivity index (χ3v) is 14.1. The Bertz CT molecular complexity index is 2250. The van der Waals surface area contributed by atoms with Crippen molar-refractivity contribution in [2.24, 2.45) is 33.5 Å². The maximum absolute atomic E-state index is 14.4. The summed E-state index contributed by atoms with van der Waals surface area (Å²) < 4.78 is 0. The van der Waals surface area contributed by atoms with Gasteiger partial charge in [0.25, 0.3) is 0 Å². The van der Waals surface area contributed by atoms with Gasteiger partial charge in [0.05, 0.1) is 0 Å². The molecule has 0 amide bonds. The molecule has 2 aliphatic rings. The number of ketones is 2. The average molecular weight is 924 g/mol. The number of phenols is 2. The molecule has 2 N–H and O–H groups in total. The number of benzene rings is 2. The fourth-order valence-electron chi connectivity index (χ4n) is 10.2. The van der Waals surface area contributed by atoms with Crippen molar-refractivity contribution in [3.05, 3.63) is 134 Å². The number of aromatic nitrogens is 1. The Labute approximate surface area is 413 Å². The number of pyridine rings is 1. The fourth-order valence-corrected chi connectivity index (χ4v) is 10.2. The molecule has 0 bridgehead atoms. The summed E-state index contributed by atoms with van der Waals surface area (Å²) in [5.74, 6) is -0.160. The van der Waals surface area contributed by atoms with Gasteiger partial charge in [-0.3, -0.25) is 14.6 Å². The van der Waals surface area contributed by atoms with Crippen LogP contribution < -0.4 is 0 Å². The third kappa shape index (κ3) is 11.2. The van der Waals surface area contributed by atoms with Gasteiger partial charge in [0.2, 0.25) is 0 Å². The second-order valence-corrected chi connectivity index (χ2v) is 28.5. The molecule has 0 radical (unpaired) electrons. The lowest BCUT2D eigenvalue weighted by atomic mass is 9.66. The van der Waals surface area contributed by atoms with Crippen LogP contribution >= 0.6 is 0 Å². The zero-order chi connectivity index (χ0) is 52.0. The minimum atomic E-state index is -0.403. The molecule has 5 nitrogen and oxygen atoms in total. The van der Waals surface area contributed by atoms with Crippen LogP contribution in [0, 0.1) is 33.5 Å². The Morgan fingerprint density at radius 1 is 0.382 bits per heavy atom. The summed E-state index contributed by atoms with van der Waals surface area (Å²) in [7, 11) is 0. The molecule has 370 valence electrons. The number of hydrogen-bond donors (Lipinski definition) is 2. The van der Waals surface area contributed by atoms with E-state index in [0.29, 0.717) is 11.5 Å². The first-order chi connectivity index (χ1) is 30.5. The van der Waals surface area contributed by atoms with Crippen molar-refractivity contribution in [1.82, 2.24) is 4.98 Å². The van der Waals surface area contributed by atoms with Crippen LogP contribution in [0.1, 0.15) is 223 Å². The van der Waals surface area contributed by atoms with E-state index in [1.807, 2.05) is 6.20 Å². The molecule has 2 aromatic carbocycles. The van der Waals surface area contributed by atoms with Gasteiger partial charge in [-0.05, 0) is 88.3 Å². The molecule has 1 aromatic heterocycles. The highest BCUT2D eigenvalue weighted by Crippen LogP contribution is 2.51. The standard InChI is InChI=1S/C63H89NO4/c1-56(2,3)41-27-37(28-42(52(41)65)57(4,5)6)50(38-29-43(58(7,8)9)53(66)44(30-38)59(10,11)12)36-25-26-49(64-35-36)51(39-31-45(60(13,14)15)54(67)46(32-39)61(16,17)18)40-33-47(62(19,20)21)55(68)48(34-40)63(22,23)24/h25-35,37,39,50-51,66,68H,1-24H3. The fraction of sp³-hybridized carbons (Fsp3) is 0.571. The summed E-state index contributed by atoms with van der Waals surface area (Å²) in [6.07, 6.45) is 10.8. The van der Waals surface area contributed by atoms with E-state index in [2.05, 4.69) is 227 Å². The molecule has 0 fully saturated rings. The highest BCUT2D eigenvalue weighted by atomic mass is 16.3. The normalized spacial score (nSPS) is 17.7. The van der Waals surface area contributed by atoms with Crippen LogP contribution in [0.25, 0.3) is 0 Å². The lowest BCUT2D eigenvalue weighted by Gasteiger charge is -2.37. The molecular formula is C63H89NO4. The van der Waals surface area contributed by atoms with Gasteiger partial charge in [0.15, 0.2) is 11.6 Å². The number of hydrogen-bond acceptors (Lipinski definition) is 5. The molecule has 0 saturated carbocycles. The van der Waals surface area contributed by atoms with Crippen molar-refractivity contribution in [2.75, 3.05) is 0 Å². The minimum absolute atomic E-state index is 0.0945. The van der Waals surface area contributed by atoms with Crippen LogP contribution in [0.15, 0.2) is 89.2 Å². The molecule has 5 heteroatoms. The minimum Gasteiger partial charge on any atom is -0.507 e. The zero-order valence-electron chi connectivity index (χ0n) is 46.8. The molecule has 5 rings (SSSR count). The summed E-state index contributed by atoms with van der Waals surface area (Å²) in [5, 5.41) is 24.0. The maximum Gasteiger partial charge on any atom is 0.185 e. The van der Waals surface area contributed by atoms with Gasteiger partial charge in [0.1, 0.15) is 11.5 Å².